The fourth-order valence-corrected chi connectivity index (χ4v) is 2.95. The smallest absolute Gasteiger partial charge is 0.274 e. The van der Waals surface area contributed by atoms with Crippen molar-refractivity contribution >= 4 is 11.8 Å². The van der Waals surface area contributed by atoms with Gasteiger partial charge in [0, 0.05) is 39.3 Å². The molecule has 7 nitrogen and oxygen atoms in total. The van der Waals surface area contributed by atoms with Crippen LogP contribution in [-0.2, 0) is 11.3 Å². The SMILES string of the molecule is CCCn1ccc(C(=O)N2CCC[C@@](O)(CCC(=O)NC)C2)n1. The van der Waals surface area contributed by atoms with Crippen molar-refractivity contribution in [2.45, 2.75) is 51.2 Å². The highest BCUT2D eigenvalue weighted by atomic mass is 16.3. The first-order valence-electron chi connectivity index (χ1n) is 8.23. The Hall–Kier alpha value is -1.89. The minimum absolute atomic E-state index is 0.0971. The largest absolute Gasteiger partial charge is 0.388 e. The van der Waals surface area contributed by atoms with Gasteiger partial charge >= 0.3 is 0 Å². The molecule has 0 unspecified atom stereocenters. The molecule has 0 saturated carbocycles. The van der Waals surface area contributed by atoms with Gasteiger partial charge in [-0.15, -0.1) is 0 Å². The summed E-state index contributed by atoms with van der Waals surface area (Å²) in [6, 6.07) is 1.72. The number of aliphatic hydroxyl groups is 1. The highest BCUT2D eigenvalue weighted by Crippen LogP contribution is 2.26. The Morgan fingerprint density at radius 1 is 1.48 bits per heavy atom. The van der Waals surface area contributed by atoms with Crippen LogP contribution < -0.4 is 5.32 Å². The van der Waals surface area contributed by atoms with Gasteiger partial charge in [-0.25, -0.2) is 0 Å². The van der Waals surface area contributed by atoms with Crippen molar-refractivity contribution in [2.75, 3.05) is 20.1 Å². The van der Waals surface area contributed by atoms with Gasteiger partial charge in [0.1, 0.15) is 5.69 Å². The van der Waals surface area contributed by atoms with Gasteiger partial charge in [0.25, 0.3) is 5.91 Å². The number of aryl methyl sites for hydroxylation is 1. The highest BCUT2D eigenvalue weighted by molar-refractivity contribution is 5.92. The molecule has 2 rings (SSSR count). The van der Waals surface area contributed by atoms with Gasteiger partial charge in [0.05, 0.1) is 5.60 Å². The predicted octanol–water partition coefficient (Wildman–Crippen LogP) is 0.786. The molecule has 0 aliphatic carbocycles. The van der Waals surface area contributed by atoms with Crippen LogP contribution in [0.1, 0.15) is 49.5 Å². The average Bonchev–Trinajstić information content (AvgIpc) is 3.01. The van der Waals surface area contributed by atoms with Gasteiger partial charge in [0.15, 0.2) is 0 Å². The number of likely N-dealkylation sites (tertiary alicyclic amines) is 1. The Morgan fingerprint density at radius 3 is 2.96 bits per heavy atom. The molecule has 1 aromatic heterocycles. The second kappa shape index (κ2) is 7.59. The van der Waals surface area contributed by atoms with E-state index < -0.39 is 5.60 Å². The predicted molar refractivity (Wildman–Crippen MR) is 85.9 cm³/mol. The summed E-state index contributed by atoms with van der Waals surface area (Å²) in [4.78, 5) is 25.6. The van der Waals surface area contributed by atoms with E-state index in [0.29, 0.717) is 25.1 Å². The minimum atomic E-state index is -0.994. The number of β-amino-alcohol motifs (C(OH)–C–C–N with tert-alkyl or cyclic N) is 1. The quantitative estimate of drug-likeness (QED) is 0.810. The molecular weight excluding hydrogens is 296 g/mol. The zero-order valence-electron chi connectivity index (χ0n) is 13.9. The maximum absolute atomic E-state index is 12.6. The lowest BCUT2D eigenvalue weighted by molar-refractivity contribution is -0.122. The summed E-state index contributed by atoms with van der Waals surface area (Å²) in [6.07, 6.45) is 4.72. The molecular formula is C16H26N4O3. The molecule has 0 radical (unpaired) electrons. The normalized spacial score (nSPS) is 21.3. The number of carbonyl (C=O) groups excluding carboxylic acids is 2. The first kappa shape index (κ1) is 17.5. The zero-order valence-corrected chi connectivity index (χ0v) is 13.9. The van der Waals surface area contributed by atoms with Crippen LogP contribution in [0.5, 0.6) is 0 Å². The van der Waals surface area contributed by atoms with Crippen molar-refractivity contribution in [3.05, 3.63) is 18.0 Å². The van der Waals surface area contributed by atoms with Crippen molar-refractivity contribution < 1.29 is 14.7 Å². The lowest BCUT2D eigenvalue weighted by Gasteiger charge is -2.39. The summed E-state index contributed by atoms with van der Waals surface area (Å²) < 4.78 is 1.76. The van der Waals surface area contributed by atoms with Crippen LogP contribution in [0.4, 0.5) is 0 Å². The molecule has 1 atom stereocenters. The van der Waals surface area contributed by atoms with Gasteiger partial charge in [-0.1, -0.05) is 6.92 Å². The molecule has 0 spiro atoms. The maximum Gasteiger partial charge on any atom is 0.274 e. The van der Waals surface area contributed by atoms with E-state index in [1.807, 2.05) is 0 Å². The number of hydrogen-bond donors (Lipinski definition) is 2. The number of hydrogen-bond acceptors (Lipinski definition) is 4. The molecule has 1 aliphatic heterocycles. The maximum atomic E-state index is 12.6. The van der Waals surface area contributed by atoms with E-state index in [9.17, 15) is 14.7 Å². The number of piperidine rings is 1. The first-order valence-corrected chi connectivity index (χ1v) is 8.23. The topological polar surface area (TPSA) is 87.5 Å². The van der Waals surface area contributed by atoms with Crippen molar-refractivity contribution in [3.8, 4) is 0 Å². The first-order chi connectivity index (χ1) is 11.0. The molecule has 2 amide bonds. The Labute approximate surface area is 136 Å². The summed E-state index contributed by atoms with van der Waals surface area (Å²) in [5.41, 5.74) is -0.583. The van der Waals surface area contributed by atoms with Gasteiger partial charge in [-0.2, -0.15) is 5.10 Å². The van der Waals surface area contributed by atoms with Crippen LogP contribution >= 0.6 is 0 Å². The molecule has 23 heavy (non-hydrogen) atoms. The number of aromatic nitrogens is 2. The average molecular weight is 322 g/mol. The van der Waals surface area contributed by atoms with Crippen LogP contribution in [0.15, 0.2) is 12.3 Å². The molecule has 1 aliphatic rings. The zero-order chi connectivity index (χ0) is 16.9. The van der Waals surface area contributed by atoms with Crippen molar-refractivity contribution in [1.82, 2.24) is 20.0 Å². The molecule has 1 saturated heterocycles. The Balaban J connectivity index is 1.98. The molecule has 7 heteroatoms. The fraction of sp³-hybridized carbons (Fsp3) is 0.688. The number of nitrogens with one attached hydrogen (secondary N) is 1. The fourth-order valence-electron chi connectivity index (χ4n) is 2.95. The minimum Gasteiger partial charge on any atom is -0.388 e. The van der Waals surface area contributed by atoms with Crippen molar-refractivity contribution in [2.24, 2.45) is 0 Å². The number of carbonyl (C=O) groups is 2. The third-order valence-corrected chi connectivity index (χ3v) is 4.25. The van der Waals surface area contributed by atoms with E-state index in [1.54, 1.807) is 28.9 Å². The Morgan fingerprint density at radius 2 is 2.26 bits per heavy atom. The third-order valence-electron chi connectivity index (χ3n) is 4.25. The molecule has 128 valence electrons. The molecule has 0 bridgehead atoms. The summed E-state index contributed by atoms with van der Waals surface area (Å²) >= 11 is 0. The van der Waals surface area contributed by atoms with E-state index in [2.05, 4.69) is 17.3 Å². The second-order valence-electron chi connectivity index (χ2n) is 6.19. The van der Waals surface area contributed by atoms with Gasteiger partial charge in [-0.3, -0.25) is 14.3 Å². The van der Waals surface area contributed by atoms with Gasteiger partial charge in [-0.05, 0) is 31.7 Å². The lowest BCUT2D eigenvalue weighted by atomic mass is 9.88. The highest BCUT2D eigenvalue weighted by Gasteiger charge is 2.36. The van der Waals surface area contributed by atoms with Crippen LogP contribution in [0.2, 0.25) is 0 Å². The van der Waals surface area contributed by atoms with E-state index >= 15 is 0 Å². The Kier molecular flexibility index (Phi) is 5.76. The number of nitrogens with zero attached hydrogens (tertiary/aromatic N) is 3. The summed E-state index contributed by atoms with van der Waals surface area (Å²) in [6.45, 7) is 3.70. The summed E-state index contributed by atoms with van der Waals surface area (Å²) in [7, 11) is 1.58. The van der Waals surface area contributed by atoms with Gasteiger partial charge < -0.3 is 15.3 Å². The monoisotopic (exact) mass is 322 g/mol. The summed E-state index contributed by atoms with van der Waals surface area (Å²) in [5.74, 6) is -0.252. The van der Waals surface area contributed by atoms with E-state index in [4.69, 9.17) is 0 Å². The molecule has 1 fully saturated rings. The van der Waals surface area contributed by atoms with Crippen LogP contribution in [0.3, 0.4) is 0 Å². The van der Waals surface area contributed by atoms with Crippen molar-refractivity contribution in [1.29, 1.82) is 0 Å². The van der Waals surface area contributed by atoms with E-state index in [-0.39, 0.29) is 24.8 Å². The third kappa shape index (κ3) is 4.54. The summed E-state index contributed by atoms with van der Waals surface area (Å²) in [5, 5.41) is 17.5. The molecule has 2 N–H and O–H groups in total. The number of amides is 2. The standard InChI is InChI=1S/C16H26N4O3/c1-3-9-20-11-6-13(18-20)15(22)19-10-4-7-16(23,12-19)8-5-14(21)17-2/h6,11,23H,3-5,7-10,12H2,1-2H3,(H,17,21)/t16-/m1/s1. The molecule has 1 aromatic rings. The number of rotatable bonds is 6. The van der Waals surface area contributed by atoms with Crippen LogP contribution in [0, 0.1) is 0 Å². The molecule has 2 heterocycles. The van der Waals surface area contributed by atoms with Crippen LogP contribution in [0.25, 0.3) is 0 Å². The van der Waals surface area contributed by atoms with E-state index in [0.717, 1.165) is 19.4 Å². The van der Waals surface area contributed by atoms with Crippen LogP contribution in [-0.4, -0.2) is 57.3 Å². The second-order valence-corrected chi connectivity index (χ2v) is 6.19. The van der Waals surface area contributed by atoms with E-state index in [1.165, 1.54) is 0 Å². The van der Waals surface area contributed by atoms with Gasteiger partial charge in [0.2, 0.25) is 5.91 Å². The lowest BCUT2D eigenvalue weighted by Crippen LogP contribution is -2.50. The Bertz CT molecular complexity index is 557. The van der Waals surface area contributed by atoms with Crippen molar-refractivity contribution in [3.63, 3.8) is 0 Å². The molecule has 0 aromatic carbocycles.